The number of fused-ring (bicyclic) bond motifs is 1. The van der Waals surface area contributed by atoms with Gasteiger partial charge in [-0.05, 0) is 48.8 Å². The lowest BCUT2D eigenvalue weighted by Gasteiger charge is -2.18. The highest BCUT2D eigenvalue weighted by molar-refractivity contribution is 5.46. The summed E-state index contributed by atoms with van der Waals surface area (Å²) in [6.07, 6.45) is 4.53. The number of nitrogens with two attached hydrogens (primary N) is 1. The van der Waals surface area contributed by atoms with Crippen molar-refractivity contribution in [2.24, 2.45) is 5.73 Å². The molecule has 3 rings (SSSR count). The van der Waals surface area contributed by atoms with Crippen LogP contribution in [0.25, 0.3) is 0 Å². The zero-order valence-electron chi connectivity index (χ0n) is 12.6. The Bertz CT molecular complexity index is 594. The average Bonchev–Trinajstić information content (AvgIpc) is 2.96. The van der Waals surface area contributed by atoms with Crippen LogP contribution in [-0.2, 0) is 6.42 Å². The monoisotopic (exact) mass is 281 g/mol. The number of methoxy groups -OCH3 is 1. The van der Waals surface area contributed by atoms with E-state index in [-0.39, 0.29) is 6.04 Å². The smallest absolute Gasteiger partial charge is 0.122 e. The minimum Gasteiger partial charge on any atom is -0.496 e. The molecule has 2 heteroatoms. The number of rotatable bonds is 5. The van der Waals surface area contributed by atoms with E-state index in [9.17, 15) is 0 Å². The molecule has 0 spiro atoms. The Morgan fingerprint density at radius 2 is 1.95 bits per heavy atom. The van der Waals surface area contributed by atoms with Crippen LogP contribution < -0.4 is 10.5 Å². The first-order valence-electron chi connectivity index (χ1n) is 7.76. The van der Waals surface area contributed by atoms with Crippen molar-refractivity contribution >= 4 is 0 Å². The van der Waals surface area contributed by atoms with E-state index in [1.165, 1.54) is 23.1 Å². The lowest BCUT2D eigenvalue weighted by atomic mass is 9.91. The van der Waals surface area contributed by atoms with Gasteiger partial charge in [-0.25, -0.2) is 0 Å². The van der Waals surface area contributed by atoms with Crippen molar-refractivity contribution in [1.82, 2.24) is 0 Å². The molecule has 0 fully saturated rings. The zero-order valence-corrected chi connectivity index (χ0v) is 12.6. The summed E-state index contributed by atoms with van der Waals surface area (Å²) in [4.78, 5) is 0. The summed E-state index contributed by atoms with van der Waals surface area (Å²) >= 11 is 0. The van der Waals surface area contributed by atoms with Crippen LogP contribution in [0.5, 0.6) is 5.75 Å². The highest BCUT2D eigenvalue weighted by Gasteiger charge is 2.26. The van der Waals surface area contributed by atoms with Crippen LogP contribution in [0.1, 0.15) is 47.9 Å². The van der Waals surface area contributed by atoms with Crippen LogP contribution in [-0.4, -0.2) is 7.11 Å². The van der Waals surface area contributed by atoms with Gasteiger partial charge in [0.05, 0.1) is 7.11 Å². The summed E-state index contributed by atoms with van der Waals surface area (Å²) in [6, 6.07) is 16.9. The minimum atomic E-state index is 0.130. The fourth-order valence-corrected chi connectivity index (χ4v) is 3.46. The highest BCUT2D eigenvalue weighted by atomic mass is 16.5. The second kappa shape index (κ2) is 6.31. The standard InChI is InChI=1S/C19H23NO/c1-21-18-9-5-8-15-10-11-16(19(15)18)12-13-17(20)14-6-3-2-4-7-14/h2-9,16-17H,10-13,20H2,1H3. The highest BCUT2D eigenvalue weighted by Crippen LogP contribution is 2.42. The van der Waals surface area contributed by atoms with E-state index < -0.39 is 0 Å². The van der Waals surface area contributed by atoms with Crippen molar-refractivity contribution in [2.75, 3.05) is 7.11 Å². The third kappa shape index (κ3) is 2.96. The second-order valence-electron chi connectivity index (χ2n) is 5.86. The number of aryl methyl sites for hydroxylation is 1. The van der Waals surface area contributed by atoms with Crippen LogP contribution in [0.4, 0.5) is 0 Å². The molecule has 110 valence electrons. The van der Waals surface area contributed by atoms with Gasteiger partial charge in [0.15, 0.2) is 0 Å². The summed E-state index contributed by atoms with van der Waals surface area (Å²) < 4.78 is 5.55. The summed E-state index contributed by atoms with van der Waals surface area (Å²) in [7, 11) is 1.76. The molecule has 1 aliphatic rings. The summed E-state index contributed by atoms with van der Waals surface area (Å²) in [5.41, 5.74) is 10.4. The molecule has 0 aromatic heterocycles. The van der Waals surface area contributed by atoms with E-state index in [0.717, 1.165) is 25.0 Å². The molecule has 2 unspecified atom stereocenters. The molecule has 0 saturated carbocycles. The first kappa shape index (κ1) is 14.2. The van der Waals surface area contributed by atoms with Crippen LogP contribution in [0.3, 0.4) is 0 Å². The van der Waals surface area contributed by atoms with Crippen molar-refractivity contribution in [2.45, 2.75) is 37.6 Å². The number of hydrogen-bond donors (Lipinski definition) is 1. The van der Waals surface area contributed by atoms with Crippen LogP contribution in [0.2, 0.25) is 0 Å². The van der Waals surface area contributed by atoms with Crippen molar-refractivity contribution < 1.29 is 4.74 Å². The minimum absolute atomic E-state index is 0.130. The molecule has 0 heterocycles. The fraction of sp³-hybridized carbons (Fsp3) is 0.368. The average molecular weight is 281 g/mol. The summed E-state index contributed by atoms with van der Waals surface area (Å²) in [5, 5.41) is 0. The maximum Gasteiger partial charge on any atom is 0.122 e. The first-order chi connectivity index (χ1) is 10.3. The molecule has 0 saturated heterocycles. The van der Waals surface area contributed by atoms with Crippen molar-refractivity contribution in [3.05, 3.63) is 65.2 Å². The van der Waals surface area contributed by atoms with E-state index in [2.05, 4.69) is 42.5 Å². The lowest BCUT2D eigenvalue weighted by molar-refractivity contribution is 0.403. The molecule has 0 amide bonds. The molecule has 1 aliphatic carbocycles. The van der Waals surface area contributed by atoms with Gasteiger partial charge in [0, 0.05) is 11.6 Å². The maximum absolute atomic E-state index is 6.33. The quantitative estimate of drug-likeness (QED) is 0.891. The Morgan fingerprint density at radius 3 is 2.71 bits per heavy atom. The van der Waals surface area contributed by atoms with Crippen molar-refractivity contribution in [3.8, 4) is 5.75 Å². The number of ether oxygens (including phenoxy) is 1. The van der Waals surface area contributed by atoms with Gasteiger partial charge in [-0.3, -0.25) is 0 Å². The number of benzene rings is 2. The predicted molar refractivity (Wildman–Crippen MR) is 86.7 cm³/mol. The summed E-state index contributed by atoms with van der Waals surface area (Å²) in [6.45, 7) is 0. The molecule has 2 aromatic carbocycles. The summed E-state index contributed by atoms with van der Waals surface area (Å²) in [5.74, 6) is 1.63. The Labute approximate surface area is 126 Å². The zero-order chi connectivity index (χ0) is 14.7. The molecule has 2 atom stereocenters. The lowest BCUT2D eigenvalue weighted by Crippen LogP contribution is -2.11. The van der Waals surface area contributed by atoms with E-state index in [1.807, 2.05) is 6.07 Å². The molecule has 0 aliphatic heterocycles. The normalized spacial score (nSPS) is 18.3. The van der Waals surface area contributed by atoms with Crippen LogP contribution in [0, 0.1) is 0 Å². The molecular formula is C19H23NO. The van der Waals surface area contributed by atoms with Gasteiger partial charge in [-0.1, -0.05) is 42.5 Å². The van der Waals surface area contributed by atoms with E-state index in [4.69, 9.17) is 10.5 Å². The van der Waals surface area contributed by atoms with Gasteiger partial charge in [-0.2, -0.15) is 0 Å². The fourth-order valence-electron chi connectivity index (χ4n) is 3.46. The van der Waals surface area contributed by atoms with Gasteiger partial charge in [-0.15, -0.1) is 0 Å². The van der Waals surface area contributed by atoms with Crippen LogP contribution >= 0.6 is 0 Å². The van der Waals surface area contributed by atoms with Gasteiger partial charge < -0.3 is 10.5 Å². The number of hydrogen-bond acceptors (Lipinski definition) is 2. The topological polar surface area (TPSA) is 35.2 Å². The first-order valence-corrected chi connectivity index (χ1v) is 7.76. The van der Waals surface area contributed by atoms with E-state index >= 15 is 0 Å². The Hall–Kier alpha value is -1.80. The van der Waals surface area contributed by atoms with Crippen molar-refractivity contribution in [3.63, 3.8) is 0 Å². The SMILES string of the molecule is COc1cccc2c1C(CCC(N)c1ccccc1)CC2. The molecule has 2 nitrogen and oxygen atoms in total. The second-order valence-corrected chi connectivity index (χ2v) is 5.86. The van der Waals surface area contributed by atoms with Gasteiger partial charge in [0.2, 0.25) is 0 Å². The van der Waals surface area contributed by atoms with Gasteiger partial charge in [0.25, 0.3) is 0 Å². The molecule has 2 N–H and O–H groups in total. The third-order valence-corrected chi connectivity index (χ3v) is 4.60. The maximum atomic E-state index is 6.33. The molecule has 0 radical (unpaired) electrons. The van der Waals surface area contributed by atoms with E-state index in [1.54, 1.807) is 7.11 Å². The third-order valence-electron chi connectivity index (χ3n) is 4.60. The molecule has 2 aromatic rings. The van der Waals surface area contributed by atoms with Gasteiger partial charge in [0.1, 0.15) is 5.75 Å². The largest absolute Gasteiger partial charge is 0.496 e. The Balaban J connectivity index is 1.69. The van der Waals surface area contributed by atoms with Crippen molar-refractivity contribution in [1.29, 1.82) is 0 Å². The molecule has 21 heavy (non-hydrogen) atoms. The van der Waals surface area contributed by atoms with E-state index in [0.29, 0.717) is 5.92 Å². The van der Waals surface area contributed by atoms with Crippen LogP contribution in [0.15, 0.2) is 48.5 Å². The molecule has 0 bridgehead atoms. The molecular weight excluding hydrogens is 258 g/mol. The Morgan fingerprint density at radius 1 is 1.14 bits per heavy atom. The predicted octanol–water partition coefficient (Wildman–Crippen LogP) is 4.21. The van der Waals surface area contributed by atoms with Gasteiger partial charge >= 0.3 is 0 Å². The Kier molecular flexibility index (Phi) is 4.26.